The van der Waals surface area contributed by atoms with Crippen molar-refractivity contribution < 1.29 is 9.26 Å². The van der Waals surface area contributed by atoms with Gasteiger partial charge in [0.2, 0.25) is 5.62 Å². The van der Waals surface area contributed by atoms with Gasteiger partial charge in [-0.15, -0.1) is 0 Å². The molecule has 2 heterocycles. The van der Waals surface area contributed by atoms with Gasteiger partial charge >= 0.3 is 0 Å². The molecule has 0 unspecified atom stereocenters. The molecule has 0 aliphatic carbocycles. The molecule has 4 aromatic carbocycles. The fraction of sp³-hybridized carbons (Fsp3) is 0.0312. The van der Waals surface area contributed by atoms with Gasteiger partial charge in [0, 0.05) is 12.3 Å². The molecule has 0 bridgehead atoms. The molecule has 39 heavy (non-hydrogen) atoms. The Labute approximate surface area is 224 Å². The summed E-state index contributed by atoms with van der Waals surface area (Å²) in [5.74, 6) is 0.971. The quantitative estimate of drug-likeness (QED) is 0.262. The van der Waals surface area contributed by atoms with Crippen LogP contribution in [0.4, 0.5) is 5.69 Å². The van der Waals surface area contributed by atoms with E-state index in [1.165, 1.54) is 6.26 Å². The van der Waals surface area contributed by atoms with Gasteiger partial charge in [0.25, 0.3) is 11.4 Å². The molecule has 7 heteroatoms. The standard InChI is InChI=1S/C32H24N4O3/c37-31-29(26-9-5-2-6-10-26)21-33-32(34-27-15-17-28(18-16-27)39-30-19-20-38-35-30)36(31)22-23-11-13-25(14-12-23)24-7-3-1-4-8-24/h1-21H,22H2,(H,33,34). The van der Waals surface area contributed by atoms with Crippen molar-refractivity contribution in [2.75, 3.05) is 0 Å². The zero-order valence-electron chi connectivity index (χ0n) is 20.9. The summed E-state index contributed by atoms with van der Waals surface area (Å²) in [6.45, 7) is 0.358. The summed E-state index contributed by atoms with van der Waals surface area (Å²) in [5, 5.41) is 3.75. The third kappa shape index (κ3) is 5.47. The average molecular weight is 513 g/mol. The summed E-state index contributed by atoms with van der Waals surface area (Å²) in [6, 6.07) is 36.9. The predicted molar refractivity (Wildman–Crippen MR) is 150 cm³/mol. The second-order valence-corrected chi connectivity index (χ2v) is 8.89. The van der Waals surface area contributed by atoms with Gasteiger partial charge in [0.15, 0.2) is 0 Å². The van der Waals surface area contributed by atoms with Crippen molar-refractivity contribution in [1.82, 2.24) is 14.7 Å². The molecule has 0 fully saturated rings. The van der Waals surface area contributed by atoms with E-state index in [1.54, 1.807) is 29.0 Å². The summed E-state index contributed by atoms with van der Waals surface area (Å²) in [4.78, 5) is 21.8. The minimum absolute atomic E-state index is 0.128. The number of nitrogens with one attached hydrogen (secondary N) is 1. The summed E-state index contributed by atoms with van der Waals surface area (Å²) < 4.78 is 12.1. The highest BCUT2D eigenvalue weighted by molar-refractivity contribution is 5.63. The van der Waals surface area contributed by atoms with Gasteiger partial charge in [0.05, 0.1) is 17.8 Å². The molecule has 7 nitrogen and oxygen atoms in total. The van der Waals surface area contributed by atoms with E-state index in [9.17, 15) is 4.79 Å². The number of hydrogen-bond donors (Lipinski definition) is 1. The van der Waals surface area contributed by atoms with Crippen LogP contribution in [0.3, 0.4) is 0 Å². The highest BCUT2D eigenvalue weighted by Gasteiger charge is 2.10. The minimum atomic E-state index is -0.128. The summed E-state index contributed by atoms with van der Waals surface area (Å²) in [5.41, 5.74) is 5.65. The first-order valence-electron chi connectivity index (χ1n) is 12.5. The van der Waals surface area contributed by atoms with Gasteiger partial charge in [0.1, 0.15) is 12.0 Å². The molecule has 0 aliphatic rings. The van der Waals surface area contributed by atoms with E-state index < -0.39 is 0 Å². The Balaban J connectivity index is 1.37. The van der Waals surface area contributed by atoms with Crippen LogP contribution in [0.5, 0.6) is 11.6 Å². The Morgan fingerprint density at radius 2 is 1.44 bits per heavy atom. The van der Waals surface area contributed by atoms with Gasteiger partial charge in [-0.25, -0.2) is 4.99 Å². The number of hydrogen-bond acceptors (Lipinski definition) is 5. The smallest absolute Gasteiger partial charge is 0.262 e. The van der Waals surface area contributed by atoms with Crippen molar-refractivity contribution in [2.24, 2.45) is 4.99 Å². The Morgan fingerprint density at radius 3 is 2.10 bits per heavy atom. The highest BCUT2D eigenvalue weighted by Crippen LogP contribution is 2.23. The van der Waals surface area contributed by atoms with Gasteiger partial charge in [-0.2, -0.15) is 0 Å². The topological polar surface area (TPSA) is 85.4 Å². The van der Waals surface area contributed by atoms with E-state index in [4.69, 9.17) is 14.3 Å². The first-order valence-corrected chi connectivity index (χ1v) is 12.5. The molecule has 0 saturated heterocycles. The van der Waals surface area contributed by atoms with Crippen molar-refractivity contribution in [3.05, 3.63) is 149 Å². The Morgan fingerprint density at radius 1 is 0.769 bits per heavy atom. The Kier molecular flexibility index (Phi) is 6.69. The number of rotatable bonds is 7. The lowest BCUT2D eigenvalue weighted by atomic mass is 10.0. The summed E-state index contributed by atoms with van der Waals surface area (Å²) >= 11 is 0. The largest absolute Gasteiger partial charge is 0.436 e. The Bertz CT molecular complexity index is 1790. The van der Waals surface area contributed by atoms with Crippen LogP contribution in [0.2, 0.25) is 0 Å². The maximum atomic E-state index is 13.8. The second-order valence-electron chi connectivity index (χ2n) is 8.89. The number of ether oxygens (including phenoxy) is 1. The Hall–Kier alpha value is -5.43. The monoisotopic (exact) mass is 512 g/mol. The van der Waals surface area contributed by atoms with Crippen molar-refractivity contribution >= 4 is 5.69 Å². The second kappa shape index (κ2) is 10.9. The molecule has 0 spiro atoms. The zero-order valence-corrected chi connectivity index (χ0v) is 20.9. The maximum absolute atomic E-state index is 13.8. The lowest BCUT2D eigenvalue weighted by Crippen LogP contribution is -2.36. The highest BCUT2D eigenvalue weighted by atomic mass is 16.5. The molecule has 190 valence electrons. The van der Waals surface area contributed by atoms with E-state index in [0.717, 1.165) is 22.3 Å². The third-order valence-corrected chi connectivity index (χ3v) is 6.27. The third-order valence-electron chi connectivity index (χ3n) is 6.27. The fourth-order valence-electron chi connectivity index (χ4n) is 4.28. The van der Waals surface area contributed by atoms with E-state index >= 15 is 0 Å². The van der Waals surface area contributed by atoms with Crippen LogP contribution in [-0.4, -0.2) is 14.7 Å². The first-order chi connectivity index (χ1) is 19.2. The number of aromatic amines is 1. The van der Waals surface area contributed by atoms with E-state index in [2.05, 4.69) is 34.4 Å². The summed E-state index contributed by atoms with van der Waals surface area (Å²) in [7, 11) is 0. The zero-order chi connectivity index (χ0) is 26.4. The summed E-state index contributed by atoms with van der Waals surface area (Å²) in [6.07, 6.45) is 3.16. The SMILES string of the molecule is O=c1c(-c2ccccc2)c[nH]/c(=N\c2ccc(Oc3ccon3)cc2)n1Cc1ccc(-c2ccccc2)cc1. The first kappa shape index (κ1) is 23.9. The average Bonchev–Trinajstić information content (AvgIpc) is 3.50. The van der Waals surface area contributed by atoms with Crippen LogP contribution in [0.1, 0.15) is 5.56 Å². The van der Waals surface area contributed by atoms with Crippen LogP contribution in [0.25, 0.3) is 22.3 Å². The maximum Gasteiger partial charge on any atom is 0.262 e. The van der Waals surface area contributed by atoms with Gasteiger partial charge in [-0.1, -0.05) is 84.9 Å². The molecule has 2 aromatic heterocycles. The lowest BCUT2D eigenvalue weighted by Gasteiger charge is -2.11. The molecule has 0 atom stereocenters. The van der Waals surface area contributed by atoms with E-state index in [0.29, 0.717) is 35.0 Å². The molecule has 6 rings (SSSR count). The molecular formula is C32H24N4O3. The van der Waals surface area contributed by atoms with Gasteiger partial charge in [-0.05, 0) is 51.7 Å². The van der Waals surface area contributed by atoms with E-state index in [-0.39, 0.29) is 5.56 Å². The van der Waals surface area contributed by atoms with Crippen molar-refractivity contribution in [1.29, 1.82) is 0 Å². The van der Waals surface area contributed by atoms with Crippen molar-refractivity contribution in [2.45, 2.75) is 6.54 Å². The predicted octanol–water partition coefficient (Wildman–Crippen LogP) is 6.57. The molecule has 0 saturated carbocycles. The van der Waals surface area contributed by atoms with Gasteiger partial charge < -0.3 is 14.2 Å². The van der Waals surface area contributed by atoms with Gasteiger partial charge in [-0.3, -0.25) is 9.36 Å². The van der Waals surface area contributed by atoms with Crippen molar-refractivity contribution in [3.63, 3.8) is 0 Å². The molecular weight excluding hydrogens is 488 g/mol. The molecule has 0 radical (unpaired) electrons. The number of H-pyrrole nitrogens is 1. The van der Waals surface area contributed by atoms with Crippen molar-refractivity contribution in [3.8, 4) is 33.9 Å². The van der Waals surface area contributed by atoms with Crippen LogP contribution < -0.4 is 15.9 Å². The van der Waals surface area contributed by atoms with E-state index in [1.807, 2.05) is 72.8 Å². The van der Waals surface area contributed by atoms with Crippen LogP contribution in [0, 0.1) is 0 Å². The number of nitrogens with zero attached hydrogens (tertiary/aromatic N) is 3. The molecule has 0 amide bonds. The van der Waals surface area contributed by atoms with Crippen LogP contribution in [0.15, 0.2) is 142 Å². The molecule has 6 aromatic rings. The number of benzene rings is 4. The normalized spacial score (nSPS) is 11.4. The fourth-order valence-corrected chi connectivity index (χ4v) is 4.28. The molecule has 0 aliphatic heterocycles. The van der Waals surface area contributed by atoms with Crippen LogP contribution >= 0.6 is 0 Å². The molecule has 1 N–H and O–H groups in total. The van der Waals surface area contributed by atoms with Crippen LogP contribution in [-0.2, 0) is 6.54 Å². The minimum Gasteiger partial charge on any atom is -0.436 e. The lowest BCUT2D eigenvalue weighted by molar-refractivity contribution is 0.367. The number of aromatic nitrogens is 3.